The van der Waals surface area contributed by atoms with E-state index in [9.17, 15) is 9.59 Å². The summed E-state index contributed by atoms with van der Waals surface area (Å²) in [4.78, 5) is 25.4. The largest absolute Gasteiger partial charge is 0.347 e. The normalized spacial score (nSPS) is 22.2. The quantitative estimate of drug-likeness (QED) is 0.591. The number of likely N-dealkylation sites (N-methyl/N-ethyl adjacent to an activating group) is 1. The molecule has 0 radical (unpaired) electrons. The Bertz CT molecular complexity index is 230. The molecule has 5 heteroatoms. The van der Waals surface area contributed by atoms with Gasteiger partial charge in [-0.2, -0.15) is 0 Å². The highest BCUT2D eigenvalue weighted by atomic mass is 35.5. The van der Waals surface area contributed by atoms with Gasteiger partial charge in [0.1, 0.15) is 0 Å². The van der Waals surface area contributed by atoms with Gasteiger partial charge in [-0.25, -0.2) is 0 Å². The van der Waals surface area contributed by atoms with Crippen LogP contribution < -0.4 is 0 Å². The summed E-state index contributed by atoms with van der Waals surface area (Å²) in [5, 5.41) is -0.137. The van der Waals surface area contributed by atoms with E-state index in [-0.39, 0.29) is 23.7 Å². The lowest BCUT2D eigenvalue weighted by Crippen LogP contribution is -2.37. The van der Waals surface area contributed by atoms with Crippen LogP contribution in [0.15, 0.2) is 0 Å². The molecule has 1 unspecified atom stereocenters. The maximum absolute atomic E-state index is 11.2. The molecule has 1 atom stereocenters. The van der Waals surface area contributed by atoms with Gasteiger partial charge in [0.15, 0.2) is 0 Å². The zero-order chi connectivity index (χ0) is 10.0. The molecule has 2 amide bonds. The van der Waals surface area contributed by atoms with Gasteiger partial charge in [0.25, 0.3) is 0 Å². The number of hydrogen-bond donors (Lipinski definition) is 0. The average molecular weight is 205 g/mol. The molecule has 0 spiro atoms. The Hall–Kier alpha value is -0.770. The zero-order valence-electron chi connectivity index (χ0n) is 7.79. The molecule has 0 aromatic rings. The number of nitrogens with zero attached hydrogens (tertiary/aromatic N) is 2. The SMILES string of the molecule is CN(C)C(=O)CN1CC(Cl)CC1=O. The summed E-state index contributed by atoms with van der Waals surface area (Å²) < 4.78 is 0. The third-order valence-corrected chi connectivity index (χ3v) is 2.28. The Balaban J connectivity index is 2.46. The first-order valence-corrected chi connectivity index (χ1v) is 4.56. The Kier molecular flexibility index (Phi) is 3.14. The van der Waals surface area contributed by atoms with Crippen LogP contribution >= 0.6 is 11.6 Å². The van der Waals surface area contributed by atoms with Gasteiger partial charge in [-0.15, -0.1) is 11.6 Å². The highest BCUT2D eigenvalue weighted by Crippen LogP contribution is 2.15. The molecule has 13 heavy (non-hydrogen) atoms. The van der Waals surface area contributed by atoms with Gasteiger partial charge in [-0.1, -0.05) is 0 Å². The minimum Gasteiger partial charge on any atom is -0.347 e. The lowest BCUT2D eigenvalue weighted by atomic mass is 10.4. The van der Waals surface area contributed by atoms with Crippen molar-refractivity contribution < 1.29 is 9.59 Å². The Labute approximate surface area is 82.4 Å². The number of carbonyl (C=O) groups excluding carboxylic acids is 2. The molecule has 0 aromatic carbocycles. The fourth-order valence-electron chi connectivity index (χ4n) is 1.18. The fraction of sp³-hybridized carbons (Fsp3) is 0.750. The summed E-state index contributed by atoms with van der Waals surface area (Å²) in [6.45, 7) is 0.634. The van der Waals surface area contributed by atoms with Gasteiger partial charge in [-0.05, 0) is 0 Å². The third kappa shape index (κ3) is 2.59. The van der Waals surface area contributed by atoms with Gasteiger partial charge >= 0.3 is 0 Å². The van der Waals surface area contributed by atoms with Crippen molar-refractivity contribution in [1.29, 1.82) is 0 Å². The van der Waals surface area contributed by atoms with Crippen LogP contribution in [0.1, 0.15) is 6.42 Å². The summed E-state index contributed by atoms with van der Waals surface area (Å²) in [6, 6.07) is 0. The fourth-order valence-corrected chi connectivity index (χ4v) is 1.48. The van der Waals surface area contributed by atoms with Crippen LogP contribution in [0.4, 0.5) is 0 Å². The molecule has 1 saturated heterocycles. The molecule has 74 valence electrons. The average Bonchev–Trinajstić information content (AvgIpc) is 2.30. The van der Waals surface area contributed by atoms with Crippen LogP contribution in [0.5, 0.6) is 0 Å². The number of amides is 2. The van der Waals surface area contributed by atoms with E-state index in [1.165, 1.54) is 9.80 Å². The van der Waals surface area contributed by atoms with E-state index in [1.807, 2.05) is 0 Å². The molecule has 4 nitrogen and oxygen atoms in total. The number of hydrogen-bond acceptors (Lipinski definition) is 2. The Morgan fingerprint density at radius 1 is 1.69 bits per heavy atom. The van der Waals surface area contributed by atoms with Crippen molar-refractivity contribution >= 4 is 23.4 Å². The number of alkyl halides is 1. The molecule has 1 aliphatic rings. The molecule has 0 bridgehead atoms. The van der Waals surface area contributed by atoms with Crippen molar-refractivity contribution in [3.63, 3.8) is 0 Å². The van der Waals surface area contributed by atoms with E-state index in [0.717, 1.165) is 0 Å². The van der Waals surface area contributed by atoms with Crippen LogP contribution in [0.2, 0.25) is 0 Å². The number of rotatable bonds is 2. The van der Waals surface area contributed by atoms with E-state index in [4.69, 9.17) is 11.6 Å². The second kappa shape index (κ2) is 3.96. The first kappa shape index (κ1) is 10.3. The van der Waals surface area contributed by atoms with E-state index >= 15 is 0 Å². The van der Waals surface area contributed by atoms with Gasteiger partial charge in [0.05, 0.1) is 11.9 Å². The number of carbonyl (C=O) groups is 2. The maximum atomic E-state index is 11.2. The number of likely N-dealkylation sites (tertiary alicyclic amines) is 1. The van der Waals surface area contributed by atoms with Crippen LogP contribution in [0.25, 0.3) is 0 Å². The summed E-state index contributed by atoms with van der Waals surface area (Å²) >= 11 is 5.78. The second-order valence-corrected chi connectivity index (χ2v) is 3.98. The molecule has 0 aliphatic carbocycles. The molecule has 1 fully saturated rings. The second-order valence-electron chi connectivity index (χ2n) is 3.36. The van der Waals surface area contributed by atoms with E-state index in [1.54, 1.807) is 14.1 Å². The first-order chi connectivity index (χ1) is 6.00. The van der Waals surface area contributed by atoms with Gasteiger partial charge in [0.2, 0.25) is 11.8 Å². The molecular weight excluding hydrogens is 192 g/mol. The van der Waals surface area contributed by atoms with Crippen molar-refractivity contribution in [3.05, 3.63) is 0 Å². The Morgan fingerprint density at radius 2 is 2.31 bits per heavy atom. The molecule has 1 heterocycles. The molecule has 0 N–H and O–H groups in total. The van der Waals surface area contributed by atoms with Crippen molar-refractivity contribution in [2.45, 2.75) is 11.8 Å². The van der Waals surface area contributed by atoms with Crippen LogP contribution in [-0.2, 0) is 9.59 Å². The third-order valence-electron chi connectivity index (χ3n) is 1.99. The van der Waals surface area contributed by atoms with Gasteiger partial charge in [0, 0.05) is 27.1 Å². The predicted octanol–water partition coefficient (Wildman–Crippen LogP) is -0.0857. The van der Waals surface area contributed by atoms with E-state index < -0.39 is 0 Å². The van der Waals surface area contributed by atoms with E-state index in [2.05, 4.69) is 0 Å². The van der Waals surface area contributed by atoms with Crippen LogP contribution in [0.3, 0.4) is 0 Å². The Morgan fingerprint density at radius 3 is 2.69 bits per heavy atom. The number of halogens is 1. The smallest absolute Gasteiger partial charge is 0.241 e. The molecule has 1 aliphatic heterocycles. The summed E-state index contributed by atoms with van der Waals surface area (Å²) in [5.74, 6) is -0.102. The highest BCUT2D eigenvalue weighted by molar-refractivity contribution is 6.22. The topological polar surface area (TPSA) is 40.6 Å². The van der Waals surface area contributed by atoms with Crippen molar-refractivity contribution in [2.24, 2.45) is 0 Å². The summed E-state index contributed by atoms with van der Waals surface area (Å²) in [5.41, 5.74) is 0. The van der Waals surface area contributed by atoms with Crippen molar-refractivity contribution in [1.82, 2.24) is 9.80 Å². The lowest BCUT2D eigenvalue weighted by molar-refractivity contribution is -0.136. The van der Waals surface area contributed by atoms with Crippen molar-refractivity contribution in [2.75, 3.05) is 27.2 Å². The highest BCUT2D eigenvalue weighted by Gasteiger charge is 2.29. The van der Waals surface area contributed by atoms with Crippen LogP contribution in [-0.4, -0.2) is 54.2 Å². The minimum atomic E-state index is -0.137. The predicted molar refractivity (Wildman–Crippen MR) is 49.5 cm³/mol. The van der Waals surface area contributed by atoms with Gasteiger partial charge in [-0.3, -0.25) is 9.59 Å². The molecule has 0 aromatic heterocycles. The lowest BCUT2D eigenvalue weighted by Gasteiger charge is -2.17. The van der Waals surface area contributed by atoms with Crippen molar-refractivity contribution in [3.8, 4) is 0 Å². The summed E-state index contributed by atoms with van der Waals surface area (Å²) in [7, 11) is 3.34. The molecule has 0 saturated carbocycles. The maximum Gasteiger partial charge on any atom is 0.241 e. The zero-order valence-corrected chi connectivity index (χ0v) is 8.54. The van der Waals surface area contributed by atoms with E-state index in [0.29, 0.717) is 13.0 Å². The molecule has 1 rings (SSSR count). The minimum absolute atomic E-state index is 0.0322. The standard InChI is InChI=1S/C8H13ClN2O2/c1-10(2)8(13)5-11-4-6(9)3-7(11)12/h6H,3-5H2,1-2H3. The summed E-state index contributed by atoms with van der Waals surface area (Å²) in [6.07, 6.45) is 0.349. The first-order valence-electron chi connectivity index (χ1n) is 4.12. The molecular formula is C8H13ClN2O2. The monoisotopic (exact) mass is 204 g/mol. The van der Waals surface area contributed by atoms with Gasteiger partial charge < -0.3 is 9.80 Å². The van der Waals surface area contributed by atoms with Crippen LogP contribution in [0, 0.1) is 0 Å².